The third-order valence-corrected chi connectivity index (χ3v) is 4.44. The van der Waals surface area contributed by atoms with Gasteiger partial charge in [-0.1, -0.05) is 30.3 Å². The lowest BCUT2D eigenvalue weighted by Gasteiger charge is -2.21. The van der Waals surface area contributed by atoms with Gasteiger partial charge in [0.05, 0.1) is 25.5 Å². The van der Waals surface area contributed by atoms with E-state index in [0.717, 1.165) is 16.5 Å². The van der Waals surface area contributed by atoms with E-state index in [2.05, 4.69) is 46.7 Å². The summed E-state index contributed by atoms with van der Waals surface area (Å²) in [5.74, 6) is 0. The van der Waals surface area contributed by atoms with Crippen LogP contribution >= 0.6 is 11.3 Å². The molecule has 0 spiro atoms. The zero-order valence-electron chi connectivity index (χ0n) is 12.0. The predicted octanol–water partition coefficient (Wildman–Crippen LogP) is 4.13. The van der Waals surface area contributed by atoms with E-state index in [1.807, 2.05) is 11.4 Å². The van der Waals surface area contributed by atoms with Crippen LogP contribution in [-0.2, 0) is 9.47 Å². The lowest BCUT2D eigenvalue weighted by Crippen LogP contribution is -2.22. The summed E-state index contributed by atoms with van der Waals surface area (Å²) in [5, 5.41) is 8.72. The van der Waals surface area contributed by atoms with Crippen LogP contribution in [0.5, 0.6) is 0 Å². The normalized spacial score (nSPS) is 18.5. The summed E-state index contributed by atoms with van der Waals surface area (Å²) in [6, 6.07) is 14.6. The minimum absolute atomic E-state index is 0.0443. The second-order valence-corrected chi connectivity index (χ2v) is 6.06. The number of ether oxygens (including phenoxy) is 2. The average Bonchev–Trinajstić information content (AvgIpc) is 3.04. The van der Waals surface area contributed by atoms with E-state index in [9.17, 15) is 0 Å². The molecule has 2 heterocycles. The van der Waals surface area contributed by atoms with Gasteiger partial charge in [-0.15, -0.1) is 11.3 Å². The summed E-state index contributed by atoms with van der Waals surface area (Å²) in [5.41, 5.74) is 1.98. The first-order valence-electron chi connectivity index (χ1n) is 7.29. The predicted molar refractivity (Wildman–Crippen MR) is 88.9 cm³/mol. The maximum Gasteiger partial charge on any atom is 0.187 e. The summed E-state index contributed by atoms with van der Waals surface area (Å²) < 4.78 is 11.1. The first-order chi connectivity index (χ1) is 10.9. The molecule has 0 bridgehead atoms. The summed E-state index contributed by atoms with van der Waals surface area (Å²) in [6.07, 6.45) is -0.0443. The number of hydrogen-bond acceptors (Lipinski definition) is 5. The van der Waals surface area contributed by atoms with E-state index < -0.39 is 0 Å². The molecule has 0 saturated carbocycles. The zero-order valence-corrected chi connectivity index (χ0v) is 12.8. The van der Waals surface area contributed by atoms with Crippen molar-refractivity contribution in [3.63, 3.8) is 0 Å². The Morgan fingerprint density at radius 3 is 2.86 bits per heavy atom. The highest BCUT2D eigenvalue weighted by Gasteiger charge is 2.19. The largest absolute Gasteiger partial charge is 0.376 e. The first kappa shape index (κ1) is 13.7. The average molecular weight is 312 g/mol. The Hall–Kier alpha value is -1.95. The minimum atomic E-state index is -0.0443. The van der Waals surface area contributed by atoms with Crippen molar-refractivity contribution in [2.24, 2.45) is 0 Å². The minimum Gasteiger partial charge on any atom is -0.376 e. The van der Waals surface area contributed by atoms with E-state index in [-0.39, 0.29) is 6.10 Å². The van der Waals surface area contributed by atoms with Crippen molar-refractivity contribution < 1.29 is 9.47 Å². The molecule has 1 aliphatic rings. The van der Waals surface area contributed by atoms with Crippen molar-refractivity contribution in [3.05, 3.63) is 53.5 Å². The molecule has 0 amide bonds. The first-order valence-corrected chi connectivity index (χ1v) is 8.17. The fourth-order valence-corrected chi connectivity index (χ4v) is 3.31. The molecule has 1 aliphatic heterocycles. The molecule has 2 aromatic carbocycles. The Morgan fingerprint density at radius 1 is 1.09 bits per heavy atom. The second kappa shape index (κ2) is 6.04. The molecule has 1 aromatic heterocycles. The number of thiazole rings is 1. The Balaban J connectivity index is 1.53. The SMILES string of the molecule is c1ccc2cc(Nc3nc(C4COCCO4)cs3)ccc2c1. The Morgan fingerprint density at radius 2 is 2.00 bits per heavy atom. The van der Waals surface area contributed by atoms with Gasteiger partial charge in [0, 0.05) is 11.1 Å². The van der Waals surface area contributed by atoms with Crippen LogP contribution in [-0.4, -0.2) is 24.8 Å². The molecular weight excluding hydrogens is 296 g/mol. The van der Waals surface area contributed by atoms with Crippen LogP contribution in [0, 0.1) is 0 Å². The zero-order chi connectivity index (χ0) is 14.8. The monoisotopic (exact) mass is 312 g/mol. The number of nitrogens with one attached hydrogen (secondary N) is 1. The molecule has 1 atom stereocenters. The summed E-state index contributed by atoms with van der Waals surface area (Å²) in [6.45, 7) is 1.89. The van der Waals surface area contributed by atoms with Gasteiger partial charge in [0.1, 0.15) is 6.10 Å². The summed E-state index contributed by atoms with van der Waals surface area (Å²) >= 11 is 1.59. The van der Waals surface area contributed by atoms with Gasteiger partial charge in [0.2, 0.25) is 0 Å². The van der Waals surface area contributed by atoms with Crippen molar-refractivity contribution in [3.8, 4) is 0 Å². The Labute approximate surface area is 132 Å². The molecule has 4 nitrogen and oxygen atoms in total. The number of hydrogen-bond donors (Lipinski definition) is 1. The molecular formula is C17H16N2O2S. The smallest absolute Gasteiger partial charge is 0.187 e. The molecule has 0 aliphatic carbocycles. The van der Waals surface area contributed by atoms with E-state index in [1.54, 1.807) is 11.3 Å². The maximum absolute atomic E-state index is 5.68. The number of fused-ring (bicyclic) bond motifs is 1. The van der Waals surface area contributed by atoms with Crippen LogP contribution in [0.15, 0.2) is 47.8 Å². The molecule has 22 heavy (non-hydrogen) atoms. The van der Waals surface area contributed by atoms with Crippen LogP contribution in [0.4, 0.5) is 10.8 Å². The van der Waals surface area contributed by atoms with Crippen molar-refractivity contribution >= 4 is 32.9 Å². The highest BCUT2D eigenvalue weighted by atomic mass is 32.1. The molecule has 0 radical (unpaired) electrons. The maximum atomic E-state index is 5.68. The topological polar surface area (TPSA) is 43.4 Å². The molecule has 1 fully saturated rings. The van der Waals surface area contributed by atoms with E-state index in [4.69, 9.17) is 9.47 Å². The van der Waals surface area contributed by atoms with Crippen molar-refractivity contribution in [1.29, 1.82) is 0 Å². The van der Waals surface area contributed by atoms with Gasteiger partial charge in [0.25, 0.3) is 0 Å². The molecule has 112 valence electrons. The molecule has 1 saturated heterocycles. The quantitative estimate of drug-likeness (QED) is 0.790. The Kier molecular flexibility index (Phi) is 3.76. The van der Waals surface area contributed by atoms with Gasteiger partial charge in [-0.05, 0) is 22.9 Å². The van der Waals surface area contributed by atoms with Gasteiger partial charge in [-0.25, -0.2) is 4.98 Å². The molecule has 4 rings (SSSR count). The fraction of sp³-hybridized carbons (Fsp3) is 0.235. The second-order valence-electron chi connectivity index (χ2n) is 5.20. The third-order valence-electron chi connectivity index (χ3n) is 3.67. The number of benzene rings is 2. The fourth-order valence-electron chi connectivity index (χ4n) is 2.54. The Bertz CT molecular complexity index is 781. The van der Waals surface area contributed by atoms with Crippen LogP contribution in [0.3, 0.4) is 0 Å². The highest BCUT2D eigenvalue weighted by Crippen LogP contribution is 2.28. The number of aromatic nitrogens is 1. The molecule has 3 aromatic rings. The van der Waals surface area contributed by atoms with Crippen LogP contribution < -0.4 is 5.32 Å². The molecule has 1 N–H and O–H groups in total. The van der Waals surface area contributed by atoms with Gasteiger partial charge in [-0.2, -0.15) is 0 Å². The third kappa shape index (κ3) is 2.83. The van der Waals surface area contributed by atoms with E-state index >= 15 is 0 Å². The lowest BCUT2D eigenvalue weighted by atomic mass is 10.1. The van der Waals surface area contributed by atoms with E-state index in [1.165, 1.54) is 10.8 Å². The van der Waals surface area contributed by atoms with Crippen LogP contribution in [0.25, 0.3) is 10.8 Å². The summed E-state index contributed by atoms with van der Waals surface area (Å²) in [7, 11) is 0. The highest BCUT2D eigenvalue weighted by molar-refractivity contribution is 7.13. The summed E-state index contributed by atoms with van der Waals surface area (Å²) in [4.78, 5) is 4.61. The van der Waals surface area contributed by atoms with Crippen LogP contribution in [0.2, 0.25) is 0 Å². The van der Waals surface area contributed by atoms with Crippen molar-refractivity contribution in [1.82, 2.24) is 4.98 Å². The van der Waals surface area contributed by atoms with Crippen LogP contribution in [0.1, 0.15) is 11.8 Å². The standard InChI is InChI=1S/C17H16N2O2S/c1-2-4-13-9-14(6-5-12(13)3-1)18-17-19-15(11-22-17)16-10-20-7-8-21-16/h1-6,9,11,16H,7-8,10H2,(H,18,19). The number of rotatable bonds is 3. The number of nitrogens with zero attached hydrogens (tertiary/aromatic N) is 1. The number of anilines is 2. The molecule has 5 heteroatoms. The van der Waals surface area contributed by atoms with Crippen molar-refractivity contribution in [2.75, 3.05) is 25.1 Å². The van der Waals surface area contributed by atoms with E-state index in [0.29, 0.717) is 19.8 Å². The van der Waals surface area contributed by atoms with Gasteiger partial charge in [0.15, 0.2) is 5.13 Å². The van der Waals surface area contributed by atoms with Crippen molar-refractivity contribution in [2.45, 2.75) is 6.10 Å². The van der Waals surface area contributed by atoms with Gasteiger partial charge in [-0.3, -0.25) is 0 Å². The van der Waals surface area contributed by atoms with Gasteiger partial charge < -0.3 is 14.8 Å². The molecule has 1 unspecified atom stereocenters. The lowest BCUT2D eigenvalue weighted by molar-refractivity contribution is -0.0915. The van der Waals surface area contributed by atoms with Gasteiger partial charge >= 0.3 is 0 Å².